The first-order chi connectivity index (χ1) is 34.6. The van der Waals surface area contributed by atoms with Crippen LogP contribution >= 0.6 is 0 Å². The number of carbonyl (C=O) groups excluding carboxylic acids is 9. The molecule has 0 radical (unpaired) electrons. The number of nitrogens with two attached hydrogens (primary N) is 1. The Kier molecular flexibility index (Phi) is 22.1. The van der Waals surface area contributed by atoms with Crippen LogP contribution < -0.4 is 53.6 Å². The number of aliphatic hydroxyl groups excluding tert-OH is 1. The molecule has 1 saturated heterocycles. The number of hydrogen-bond donors (Lipinski definition) is 14. The molecular weight excluding hydrogens is 953 g/mol. The van der Waals surface area contributed by atoms with Crippen LogP contribution in [0.25, 0.3) is 0 Å². The van der Waals surface area contributed by atoms with Gasteiger partial charge in [0.05, 0.1) is 25.6 Å². The summed E-state index contributed by atoms with van der Waals surface area (Å²) in [5, 5.41) is 61.5. The molecule has 4 rings (SSSR count). The number of hydrogen-bond acceptors (Lipinski definition) is 14. The zero-order valence-corrected chi connectivity index (χ0v) is 40.5. The van der Waals surface area contributed by atoms with Crippen LogP contribution in [0.15, 0.2) is 78.9 Å². The highest BCUT2D eigenvalue weighted by Crippen LogP contribution is 2.15. The summed E-state index contributed by atoms with van der Waals surface area (Å²) in [4.78, 5) is 132. The van der Waals surface area contributed by atoms with Crippen molar-refractivity contribution in [3.05, 3.63) is 95.6 Å². The first-order valence-electron chi connectivity index (χ1n) is 23.5. The van der Waals surface area contributed by atoms with Gasteiger partial charge in [0.1, 0.15) is 53.8 Å². The van der Waals surface area contributed by atoms with Crippen molar-refractivity contribution in [3.63, 3.8) is 0 Å². The normalized spacial score (nSPS) is 15.9. The lowest BCUT2D eigenvalue weighted by Crippen LogP contribution is -2.61. The van der Waals surface area contributed by atoms with Crippen LogP contribution in [0.4, 0.5) is 0 Å². The average molecular weight is 1020 g/mol. The number of benzene rings is 3. The largest absolute Gasteiger partial charge is 0.508 e. The number of phenols is 2. The molecule has 0 bridgehead atoms. The van der Waals surface area contributed by atoms with E-state index in [-0.39, 0.29) is 30.8 Å². The summed E-state index contributed by atoms with van der Waals surface area (Å²) in [6.45, 7) is 3.08. The lowest BCUT2D eigenvalue weighted by Gasteiger charge is -2.28. The standard InChI is InChI=1S/C49H64N10O14/c1-26(2)41(59-47(70)36(22-30-13-17-32(62)18-14-30)56-45(68)35(20-28-8-5-4-6-9-28)55-43(66)33-10-7-19-51-33)48(71)57-37(23-39(50)63)46(69)58-38(25-60)42(65)52-24-40(64)54-34(44(67)53-27(3)49(72)73)21-29-11-15-31(61)16-12-29/h4-6,8-9,11-18,26-27,33-38,41,51,60-62H,7,10,19-25H2,1-3H3,(H2,50,63)(H,52,65)(H,53,67)(H,54,64)(H,55,66)(H,56,68)(H,57,71)(H,58,69)(H,59,70)(H,72,73)/t27-,33-,34-,35-,36-,37-,38-,41-/m0/s1. The molecule has 24 heteroatoms. The maximum atomic E-state index is 14.2. The first-order valence-corrected chi connectivity index (χ1v) is 23.5. The summed E-state index contributed by atoms with van der Waals surface area (Å²) >= 11 is 0. The van der Waals surface area contributed by atoms with Crippen LogP contribution in [0, 0.1) is 5.92 Å². The van der Waals surface area contributed by atoms with Gasteiger partial charge in [-0.1, -0.05) is 68.4 Å². The van der Waals surface area contributed by atoms with Crippen molar-refractivity contribution in [2.75, 3.05) is 19.7 Å². The molecule has 0 aliphatic carbocycles. The number of carbonyl (C=O) groups is 10. The van der Waals surface area contributed by atoms with Gasteiger partial charge in [-0.15, -0.1) is 0 Å². The lowest BCUT2D eigenvalue weighted by molar-refractivity contribution is -0.141. The number of rotatable bonds is 27. The second-order valence-electron chi connectivity index (χ2n) is 17.8. The van der Waals surface area contributed by atoms with E-state index in [0.717, 1.165) is 6.42 Å². The minimum Gasteiger partial charge on any atom is -0.508 e. The molecule has 0 unspecified atom stereocenters. The Labute approximate surface area is 420 Å². The summed E-state index contributed by atoms with van der Waals surface area (Å²) < 4.78 is 0. The van der Waals surface area contributed by atoms with Gasteiger partial charge in [0.25, 0.3) is 0 Å². The van der Waals surface area contributed by atoms with Gasteiger partial charge in [-0.05, 0) is 73.2 Å². The fraction of sp³-hybridized carbons (Fsp3) is 0.429. The number of primary amides is 1. The predicted molar refractivity (Wildman–Crippen MR) is 260 cm³/mol. The molecule has 394 valence electrons. The van der Waals surface area contributed by atoms with Crippen molar-refractivity contribution in [2.24, 2.45) is 11.7 Å². The Hall–Kier alpha value is -8.12. The molecule has 1 aliphatic rings. The number of nitrogens with one attached hydrogen (secondary N) is 9. The monoisotopic (exact) mass is 1020 g/mol. The molecular formula is C49H64N10O14. The molecule has 1 aliphatic heterocycles. The van der Waals surface area contributed by atoms with Gasteiger partial charge in [0.2, 0.25) is 53.2 Å². The predicted octanol–water partition coefficient (Wildman–Crippen LogP) is -2.98. The van der Waals surface area contributed by atoms with E-state index >= 15 is 0 Å². The summed E-state index contributed by atoms with van der Waals surface area (Å²) in [6, 6.07) is 9.52. The average Bonchev–Trinajstić information content (AvgIpc) is 3.90. The van der Waals surface area contributed by atoms with E-state index in [1.165, 1.54) is 55.5 Å². The van der Waals surface area contributed by atoms with Crippen LogP contribution in [-0.4, -0.2) is 148 Å². The number of carboxylic acid groups (broad SMARTS) is 1. The van der Waals surface area contributed by atoms with E-state index in [1.807, 2.05) is 0 Å². The van der Waals surface area contributed by atoms with Crippen LogP contribution in [0.2, 0.25) is 0 Å². The van der Waals surface area contributed by atoms with Gasteiger partial charge in [0, 0.05) is 19.3 Å². The number of phenolic OH excluding ortho intramolecular Hbond substituents is 2. The first kappa shape index (κ1) is 57.5. The van der Waals surface area contributed by atoms with Crippen LogP contribution in [-0.2, 0) is 67.2 Å². The van der Waals surface area contributed by atoms with Crippen LogP contribution in [0.3, 0.4) is 0 Å². The second-order valence-corrected chi connectivity index (χ2v) is 17.8. The van der Waals surface area contributed by atoms with Crippen molar-refractivity contribution < 1.29 is 68.4 Å². The summed E-state index contributed by atoms with van der Waals surface area (Å²) in [5.41, 5.74) is 7.10. The van der Waals surface area contributed by atoms with Crippen molar-refractivity contribution in [3.8, 4) is 11.5 Å². The second kappa shape index (κ2) is 28.1. The highest BCUT2D eigenvalue weighted by Gasteiger charge is 2.35. The molecule has 1 fully saturated rings. The molecule has 0 saturated carbocycles. The van der Waals surface area contributed by atoms with Crippen molar-refractivity contribution >= 4 is 59.1 Å². The fourth-order valence-corrected chi connectivity index (χ4v) is 7.50. The molecule has 1 heterocycles. The summed E-state index contributed by atoms with van der Waals surface area (Å²) in [6.07, 6.45) is 0.252. The number of amides is 9. The van der Waals surface area contributed by atoms with E-state index in [2.05, 4.69) is 47.9 Å². The van der Waals surface area contributed by atoms with Crippen molar-refractivity contribution in [1.29, 1.82) is 0 Å². The molecule has 0 aromatic heterocycles. The van der Waals surface area contributed by atoms with Crippen LogP contribution in [0.5, 0.6) is 11.5 Å². The number of carboxylic acids is 1. The zero-order valence-electron chi connectivity index (χ0n) is 40.5. The van der Waals surface area contributed by atoms with Gasteiger partial charge < -0.3 is 74.0 Å². The Balaban J connectivity index is 1.46. The van der Waals surface area contributed by atoms with Gasteiger partial charge >= 0.3 is 5.97 Å². The van der Waals surface area contributed by atoms with Gasteiger partial charge in [-0.3, -0.25) is 47.9 Å². The molecule has 8 atom stereocenters. The maximum absolute atomic E-state index is 14.2. The number of aliphatic hydroxyl groups is 1. The fourth-order valence-electron chi connectivity index (χ4n) is 7.50. The highest BCUT2D eigenvalue weighted by atomic mass is 16.4. The lowest BCUT2D eigenvalue weighted by atomic mass is 9.99. The smallest absolute Gasteiger partial charge is 0.325 e. The van der Waals surface area contributed by atoms with Crippen LogP contribution in [0.1, 0.15) is 56.7 Å². The Bertz CT molecular complexity index is 2420. The minimum atomic E-state index is -1.79. The topological polar surface area (TPSA) is 386 Å². The van der Waals surface area contributed by atoms with E-state index in [4.69, 9.17) is 5.73 Å². The third-order valence-corrected chi connectivity index (χ3v) is 11.6. The third kappa shape index (κ3) is 18.9. The molecule has 73 heavy (non-hydrogen) atoms. The number of aromatic hydroxyl groups is 2. The Morgan fingerprint density at radius 1 is 0.589 bits per heavy atom. The van der Waals surface area contributed by atoms with E-state index in [9.17, 15) is 68.4 Å². The summed E-state index contributed by atoms with van der Waals surface area (Å²) in [5.74, 6) is -10.4. The molecule has 3 aromatic carbocycles. The quantitative estimate of drug-likeness (QED) is 0.0362. The molecule has 3 aromatic rings. The van der Waals surface area contributed by atoms with Gasteiger partial charge in [-0.25, -0.2) is 0 Å². The van der Waals surface area contributed by atoms with Crippen molar-refractivity contribution in [2.45, 2.75) is 108 Å². The molecule has 24 nitrogen and oxygen atoms in total. The van der Waals surface area contributed by atoms with Crippen molar-refractivity contribution in [1.82, 2.24) is 47.9 Å². The highest BCUT2D eigenvalue weighted by molar-refractivity contribution is 5.99. The molecule has 15 N–H and O–H groups in total. The summed E-state index contributed by atoms with van der Waals surface area (Å²) in [7, 11) is 0. The van der Waals surface area contributed by atoms with Gasteiger partial charge in [-0.2, -0.15) is 0 Å². The third-order valence-electron chi connectivity index (χ3n) is 11.6. The molecule has 0 spiro atoms. The molecule has 9 amide bonds. The maximum Gasteiger partial charge on any atom is 0.325 e. The Morgan fingerprint density at radius 3 is 1.58 bits per heavy atom. The zero-order chi connectivity index (χ0) is 53.8. The number of aliphatic carboxylic acids is 1. The van der Waals surface area contributed by atoms with Gasteiger partial charge in [0.15, 0.2) is 0 Å². The van der Waals surface area contributed by atoms with E-state index in [1.54, 1.807) is 44.2 Å². The van der Waals surface area contributed by atoms with E-state index in [0.29, 0.717) is 29.7 Å². The van der Waals surface area contributed by atoms with E-state index < -0.39 is 133 Å². The Morgan fingerprint density at radius 2 is 1.07 bits per heavy atom. The SMILES string of the molecule is CC(C)[C@H](NC(=O)[C@H](Cc1ccc(O)cc1)NC(=O)[C@H](Cc1ccccc1)NC(=O)[C@@H]1CCCN1)C(=O)N[C@@H](CC(N)=O)C(=O)N[C@@H](CO)C(=O)NCC(=O)N[C@@H](Cc1ccc(O)cc1)C(=O)N[C@@H](C)C(=O)O. The minimum absolute atomic E-state index is 0.0632.